The molecule has 4 rings (SSSR count). The van der Waals surface area contributed by atoms with Gasteiger partial charge in [-0.3, -0.25) is 0 Å². The van der Waals surface area contributed by atoms with Crippen LogP contribution in [-0.4, -0.2) is 25.4 Å². The van der Waals surface area contributed by atoms with Crippen LogP contribution in [0.2, 0.25) is 0 Å². The van der Waals surface area contributed by atoms with Gasteiger partial charge in [0.25, 0.3) is 11.1 Å². The molecule has 0 N–H and O–H groups in total. The summed E-state index contributed by atoms with van der Waals surface area (Å²) in [4.78, 5) is 5.29. The van der Waals surface area contributed by atoms with Gasteiger partial charge in [0, 0.05) is 5.56 Å². The summed E-state index contributed by atoms with van der Waals surface area (Å²) < 4.78 is 11.6. The van der Waals surface area contributed by atoms with Crippen LogP contribution < -0.4 is 0 Å². The molecule has 1 aromatic carbocycles. The smallest absolute Gasteiger partial charge is 0.277 e. The summed E-state index contributed by atoms with van der Waals surface area (Å²) in [6.45, 7) is 7.89. The van der Waals surface area contributed by atoms with E-state index in [1.807, 2.05) is 52.0 Å². The summed E-state index contributed by atoms with van der Waals surface area (Å²) >= 11 is 2.92. The fourth-order valence-corrected chi connectivity index (χ4v) is 4.05. The molecule has 0 unspecified atom stereocenters. The largest absolute Gasteiger partial charge is 0.419 e. The number of rotatable bonds is 5. The lowest BCUT2D eigenvalue weighted by Gasteiger charge is -2.01. The van der Waals surface area contributed by atoms with E-state index >= 15 is 0 Å². The van der Waals surface area contributed by atoms with Crippen molar-refractivity contribution < 1.29 is 8.83 Å². The molecule has 0 amide bonds. The Morgan fingerprint density at radius 3 is 2.37 bits per heavy atom. The van der Waals surface area contributed by atoms with Crippen molar-refractivity contribution in [3.8, 4) is 22.2 Å². The molecular formula is C18H17N5O2S2. The first kappa shape index (κ1) is 17.9. The summed E-state index contributed by atoms with van der Waals surface area (Å²) in [5, 5.41) is 17.9. The van der Waals surface area contributed by atoms with Gasteiger partial charge in [-0.05, 0) is 39.8 Å². The van der Waals surface area contributed by atoms with Gasteiger partial charge in [-0.15, -0.1) is 31.7 Å². The molecule has 0 spiro atoms. The summed E-state index contributed by atoms with van der Waals surface area (Å²) in [6.07, 6.45) is 0. The Morgan fingerprint density at radius 1 is 0.926 bits per heavy atom. The average Bonchev–Trinajstić information content (AvgIpc) is 3.35. The van der Waals surface area contributed by atoms with Crippen LogP contribution >= 0.6 is 23.1 Å². The highest BCUT2D eigenvalue weighted by atomic mass is 32.2. The van der Waals surface area contributed by atoms with Gasteiger partial charge in [-0.25, -0.2) is 4.98 Å². The molecule has 7 nitrogen and oxygen atoms in total. The summed E-state index contributed by atoms with van der Waals surface area (Å²) in [6, 6.07) is 7.96. The minimum Gasteiger partial charge on any atom is -0.419 e. The predicted octanol–water partition coefficient (Wildman–Crippen LogP) is 5.02. The molecule has 27 heavy (non-hydrogen) atoms. The minimum atomic E-state index is -0.116. The molecule has 0 radical (unpaired) electrons. The average molecular weight is 400 g/mol. The number of thiazole rings is 1. The number of nitrogens with zero attached hydrogens (tertiary/aromatic N) is 5. The maximum absolute atomic E-state index is 5.82. The molecule has 4 aromatic rings. The minimum absolute atomic E-state index is 0.116. The quantitative estimate of drug-likeness (QED) is 0.432. The van der Waals surface area contributed by atoms with Gasteiger partial charge in [0.2, 0.25) is 11.8 Å². The lowest BCUT2D eigenvalue weighted by atomic mass is 10.1. The van der Waals surface area contributed by atoms with E-state index in [-0.39, 0.29) is 5.25 Å². The van der Waals surface area contributed by atoms with Gasteiger partial charge in [-0.1, -0.05) is 29.5 Å². The number of thioether (sulfide) groups is 1. The third-order valence-corrected chi connectivity index (χ3v) is 5.85. The zero-order valence-corrected chi connectivity index (χ0v) is 16.9. The molecule has 0 bridgehead atoms. The van der Waals surface area contributed by atoms with E-state index < -0.39 is 0 Å². The molecule has 138 valence electrons. The van der Waals surface area contributed by atoms with E-state index in [1.165, 1.54) is 17.3 Å². The topological polar surface area (TPSA) is 90.7 Å². The second-order valence-electron chi connectivity index (χ2n) is 6.09. The summed E-state index contributed by atoms with van der Waals surface area (Å²) in [7, 11) is 0. The highest BCUT2D eigenvalue weighted by molar-refractivity contribution is 7.99. The molecule has 3 heterocycles. The summed E-state index contributed by atoms with van der Waals surface area (Å²) in [5.74, 6) is 1.50. The SMILES string of the molecule is Cc1ccc(-c2nnc([C@@H](C)Sc3nnc(-c4sc(C)nc4C)o3)o2)cc1. The Kier molecular flexibility index (Phi) is 4.79. The number of aromatic nitrogens is 5. The van der Waals surface area contributed by atoms with Crippen LogP contribution in [-0.2, 0) is 0 Å². The molecular weight excluding hydrogens is 382 g/mol. The molecule has 0 aliphatic rings. The first-order valence-corrected chi connectivity index (χ1v) is 10.0. The van der Waals surface area contributed by atoms with Crippen molar-refractivity contribution in [1.82, 2.24) is 25.4 Å². The number of hydrogen-bond donors (Lipinski definition) is 0. The second-order valence-corrected chi connectivity index (χ2v) is 8.59. The van der Waals surface area contributed by atoms with Gasteiger partial charge < -0.3 is 8.83 Å². The van der Waals surface area contributed by atoms with E-state index in [2.05, 4.69) is 25.4 Å². The molecule has 0 aliphatic carbocycles. The van der Waals surface area contributed by atoms with Crippen molar-refractivity contribution >= 4 is 23.1 Å². The molecule has 9 heteroatoms. The maximum Gasteiger partial charge on any atom is 0.277 e. The van der Waals surface area contributed by atoms with Crippen molar-refractivity contribution in [3.05, 3.63) is 46.4 Å². The van der Waals surface area contributed by atoms with E-state index in [4.69, 9.17) is 8.83 Å². The molecule has 0 aliphatic heterocycles. The van der Waals surface area contributed by atoms with Crippen molar-refractivity contribution in [2.75, 3.05) is 0 Å². The standard InChI is InChI=1S/C18H17N5O2S2/c1-9-5-7-13(8-6-9)16-21-20-15(24-16)11(3)26-18-23-22-17(25-18)14-10(2)19-12(4)27-14/h5-8,11H,1-4H3/t11-/m1/s1. The fourth-order valence-electron chi connectivity index (χ4n) is 2.49. The maximum atomic E-state index is 5.82. The predicted molar refractivity (Wildman–Crippen MR) is 104 cm³/mol. The van der Waals surface area contributed by atoms with Crippen LogP contribution in [0, 0.1) is 20.8 Å². The molecule has 0 fully saturated rings. The van der Waals surface area contributed by atoms with Crippen LogP contribution in [0.15, 0.2) is 38.3 Å². The lowest BCUT2D eigenvalue weighted by molar-refractivity contribution is 0.462. The number of aryl methyl sites for hydroxylation is 3. The van der Waals surface area contributed by atoms with Crippen molar-refractivity contribution in [2.24, 2.45) is 0 Å². The van der Waals surface area contributed by atoms with Crippen molar-refractivity contribution in [1.29, 1.82) is 0 Å². The Balaban J connectivity index is 1.49. The molecule has 0 saturated carbocycles. The molecule has 1 atom stereocenters. The summed E-state index contributed by atoms with van der Waals surface area (Å²) in [5.41, 5.74) is 2.97. The number of hydrogen-bond acceptors (Lipinski definition) is 9. The zero-order chi connectivity index (χ0) is 19.0. The van der Waals surface area contributed by atoms with Gasteiger partial charge in [-0.2, -0.15) is 0 Å². The molecule has 0 saturated heterocycles. The normalized spacial score (nSPS) is 12.4. The Bertz CT molecular complexity index is 1070. The van der Waals surface area contributed by atoms with Crippen molar-refractivity contribution in [2.45, 2.75) is 38.2 Å². The van der Waals surface area contributed by atoms with Crippen LogP contribution in [0.25, 0.3) is 22.2 Å². The Labute approximate surface area is 164 Å². The highest BCUT2D eigenvalue weighted by Crippen LogP contribution is 2.37. The Morgan fingerprint density at radius 2 is 1.67 bits per heavy atom. The number of benzene rings is 1. The van der Waals surface area contributed by atoms with Crippen LogP contribution in [0.4, 0.5) is 0 Å². The van der Waals surface area contributed by atoms with Gasteiger partial charge in [0.15, 0.2) is 0 Å². The third kappa shape index (κ3) is 3.79. The van der Waals surface area contributed by atoms with Crippen LogP contribution in [0.5, 0.6) is 0 Å². The fraction of sp³-hybridized carbons (Fsp3) is 0.278. The van der Waals surface area contributed by atoms with Gasteiger partial charge in [0.1, 0.15) is 4.88 Å². The van der Waals surface area contributed by atoms with E-state index in [9.17, 15) is 0 Å². The second kappa shape index (κ2) is 7.24. The van der Waals surface area contributed by atoms with E-state index in [0.29, 0.717) is 22.9 Å². The van der Waals surface area contributed by atoms with Gasteiger partial charge in [0.05, 0.1) is 16.0 Å². The van der Waals surface area contributed by atoms with E-state index in [0.717, 1.165) is 21.1 Å². The first-order valence-electron chi connectivity index (χ1n) is 8.34. The Hall–Kier alpha value is -2.52. The van der Waals surface area contributed by atoms with Crippen molar-refractivity contribution in [3.63, 3.8) is 0 Å². The van der Waals surface area contributed by atoms with Crippen LogP contribution in [0.1, 0.15) is 34.3 Å². The third-order valence-electron chi connectivity index (χ3n) is 3.87. The van der Waals surface area contributed by atoms with E-state index in [1.54, 1.807) is 11.3 Å². The lowest BCUT2D eigenvalue weighted by Crippen LogP contribution is -1.88. The molecule has 3 aromatic heterocycles. The van der Waals surface area contributed by atoms with Crippen LogP contribution in [0.3, 0.4) is 0 Å². The zero-order valence-electron chi connectivity index (χ0n) is 15.3. The monoisotopic (exact) mass is 399 g/mol. The van der Waals surface area contributed by atoms with Gasteiger partial charge >= 0.3 is 0 Å². The highest BCUT2D eigenvalue weighted by Gasteiger charge is 2.21. The first-order chi connectivity index (χ1) is 13.0.